The van der Waals surface area contributed by atoms with Gasteiger partial charge in [0.1, 0.15) is 12.1 Å². The fourth-order valence-corrected chi connectivity index (χ4v) is 4.11. The number of carbonyl (C=O) groups is 3. The number of nitrogens with one attached hydrogen (secondary N) is 2. The van der Waals surface area contributed by atoms with E-state index in [9.17, 15) is 14.4 Å². The molecule has 1 spiro atoms. The first kappa shape index (κ1) is 20.1. The first-order valence-corrected chi connectivity index (χ1v) is 10.2. The topological polar surface area (TPSA) is 87.7 Å². The van der Waals surface area contributed by atoms with Crippen molar-refractivity contribution in [3.8, 4) is 0 Å². The van der Waals surface area contributed by atoms with Crippen LogP contribution >= 0.6 is 0 Å². The third kappa shape index (κ3) is 3.68. The van der Waals surface area contributed by atoms with Crippen molar-refractivity contribution in [3.63, 3.8) is 0 Å². The van der Waals surface area contributed by atoms with Crippen LogP contribution in [0.5, 0.6) is 0 Å². The second-order valence-electron chi connectivity index (χ2n) is 7.61. The lowest BCUT2D eigenvalue weighted by Gasteiger charge is -2.22. The maximum atomic E-state index is 13.1. The number of imide groups is 1. The molecule has 1 aliphatic heterocycles. The van der Waals surface area contributed by atoms with E-state index in [1.54, 1.807) is 0 Å². The Hall–Kier alpha value is -3.19. The van der Waals surface area contributed by atoms with Crippen LogP contribution in [0.4, 0.5) is 4.79 Å². The molecule has 7 nitrogen and oxygen atoms in total. The smallest absolute Gasteiger partial charge is 0.325 e. The molecule has 4 rings (SSSR count). The first-order valence-electron chi connectivity index (χ1n) is 10.2. The minimum Gasteiger partial charge on any atom is -0.377 e. The molecule has 2 aromatic carbocycles. The summed E-state index contributed by atoms with van der Waals surface area (Å²) >= 11 is 0. The third-order valence-electron chi connectivity index (χ3n) is 5.71. The summed E-state index contributed by atoms with van der Waals surface area (Å²) in [5.74, 6) is -0.729. The fourth-order valence-electron chi connectivity index (χ4n) is 4.11. The normalized spacial score (nSPS) is 19.8. The average molecular weight is 407 g/mol. The van der Waals surface area contributed by atoms with Crippen LogP contribution < -0.4 is 10.6 Å². The molecule has 0 radical (unpaired) electrons. The Balaban J connectivity index is 1.36. The van der Waals surface area contributed by atoms with Crippen molar-refractivity contribution >= 4 is 17.8 Å². The average Bonchev–Trinajstić information content (AvgIpc) is 3.25. The lowest BCUT2D eigenvalue weighted by molar-refractivity contribution is -0.135. The Labute approximate surface area is 175 Å². The predicted molar refractivity (Wildman–Crippen MR) is 110 cm³/mol. The highest BCUT2D eigenvalue weighted by atomic mass is 16.5. The van der Waals surface area contributed by atoms with Crippen LogP contribution in [0.2, 0.25) is 0 Å². The molecule has 1 unspecified atom stereocenters. The molecule has 1 aliphatic carbocycles. The van der Waals surface area contributed by atoms with Gasteiger partial charge in [0.25, 0.3) is 5.91 Å². The second-order valence-corrected chi connectivity index (χ2v) is 7.61. The standard InChI is InChI=1S/C23H25N3O4/c1-2-30-15-17-9-7-16(8-10-17)13-24-20(27)14-26-21(28)23(25-22(26)29)12-11-18-5-3-4-6-19(18)23/h3-10H,2,11-15H2,1H3,(H,24,27)(H,25,29). The number of hydrogen-bond donors (Lipinski definition) is 2. The van der Waals surface area contributed by atoms with Gasteiger partial charge in [-0.3, -0.25) is 14.5 Å². The number of rotatable bonds is 7. The van der Waals surface area contributed by atoms with Gasteiger partial charge < -0.3 is 15.4 Å². The van der Waals surface area contributed by atoms with E-state index in [4.69, 9.17) is 4.74 Å². The molecular weight excluding hydrogens is 382 g/mol. The molecule has 2 aromatic rings. The number of amides is 4. The van der Waals surface area contributed by atoms with Crippen molar-refractivity contribution in [2.24, 2.45) is 0 Å². The highest BCUT2D eigenvalue weighted by Gasteiger charge is 2.55. The summed E-state index contributed by atoms with van der Waals surface area (Å²) in [6.07, 6.45) is 1.24. The van der Waals surface area contributed by atoms with Gasteiger partial charge in [-0.25, -0.2) is 4.79 Å². The van der Waals surface area contributed by atoms with Gasteiger partial charge in [-0.1, -0.05) is 48.5 Å². The lowest BCUT2D eigenvalue weighted by Crippen LogP contribution is -2.43. The third-order valence-corrected chi connectivity index (χ3v) is 5.71. The Bertz CT molecular complexity index is 973. The second kappa shape index (κ2) is 8.28. The van der Waals surface area contributed by atoms with Crippen molar-refractivity contribution < 1.29 is 19.1 Å². The van der Waals surface area contributed by atoms with Gasteiger partial charge in [-0.15, -0.1) is 0 Å². The summed E-state index contributed by atoms with van der Waals surface area (Å²) in [6.45, 7) is 3.19. The predicted octanol–water partition coefficient (Wildman–Crippen LogP) is 2.23. The Morgan fingerprint density at radius 3 is 2.63 bits per heavy atom. The number of hydrogen-bond acceptors (Lipinski definition) is 4. The van der Waals surface area contributed by atoms with Gasteiger partial charge in [-0.2, -0.15) is 0 Å². The summed E-state index contributed by atoms with van der Waals surface area (Å²) in [6, 6.07) is 14.9. The molecule has 1 fully saturated rings. The summed E-state index contributed by atoms with van der Waals surface area (Å²) < 4.78 is 5.37. The van der Waals surface area contributed by atoms with Crippen LogP contribution in [-0.4, -0.2) is 35.9 Å². The van der Waals surface area contributed by atoms with E-state index in [1.165, 1.54) is 0 Å². The number of ether oxygens (including phenoxy) is 1. The maximum absolute atomic E-state index is 13.1. The quantitative estimate of drug-likeness (QED) is 0.689. The van der Waals surface area contributed by atoms with Crippen LogP contribution in [0.1, 0.15) is 35.6 Å². The summed E-state index contributed by atoms with van der Waals surface area (Å²) in [4.78, 5) is 39.0. The first-order chi connectivity index (χ1) is 14.5. The van der Waals surface area contributed by atoms with Gasteiger partial charge >= 0.3 is 6.03 Å². The summed E-state index contributed by atoms with van der Waals surface area (Å²) in [7, 11) is 0. The minimum atomic E-state index is -1.04. The molecular formula is C23H25N3O4. The van der Waals surface area contributed by atoms with Gasteiger partial charge in [0, 0.05) is 13.2 Å². The van der Waals surface area contributed by atoms with Crippen molar-refractivity contribution in [2.75, 3.05) is 13.2 Å². The fraction of sp³-hybridized carbons (Fsp3) is 0.348. The molecule has 1 saturated heterocycles. The summed E-state index contributed by atoms with van der Waals surface area (Å²) in [5.41, 5.74) is 2.85. The Morgan fingerprint density at radius 1 is 1.13 bits per heavy atom. The number of carbonyl (C=O) groups excluding carboxylic acids is 3. The van der Waals surface area contributed by atoms with Gasteiger partial charge in [-0.05, 0) is 42.0 Å². The van der Waals surface area contributed by atoms with Crippen molar-refractivity contribution in [2.45, 2.75) is 38.5 Å². The van der Waals surface area contributed by atoms with Crippen molar-refractivity contribution in [1.29, 1.82) is 0 Å². The van der Waals surface area contributed by atoms with Crippen molar-refractivity contribution in [3.05, 3.63) is 70.8 Å². The van der Waals surface area contributed by atoms with E-state index >= 15 is 0 Å². The molecule has 2 N–H and O–H groups in total. The monoisotopic (exact) mass is 407 g/mol. The molecule has 0 bridgehead atoms. The van der Waals surface area contributed by atoms with E-state index < -0.39 is 11.6 Å². The van der Waals surface area contributed by atoms with Gasteiger partial charge in [0.05, 0.1) is 6.61 Å². The Morgan fingerprint density at radius 2 is 1.87 bits per heavy atom. The molecule has 30 heavy (non-hydrogen) atoms. The number of aryl methyl sites for hydroxylation is 1. The number of urea groups is 1. The van der Waals surface area contributed by atoms with E-state index in [1.807, 2.05) is 55.5 Å². The zero-order valence-electron chi connectivity index (χ0n) is 16.9. The van der Waals surface area contributed by atoms with Crippen LogP contribution in [0.25, 0.3) is 0 Å². The van der Waals surface area contributed by atoms with Crippen LogP contribution in [0.15, 0.2) is 48.5 Å². The maximum Gasteiger partial charge on any atom is 0.325 e. The minimum absolute atomic E-state index is 0.295. The molecule has 0 aromatic heterocycles. The van der Waals surface area contributed by atoms with Crippen LogP contribution in [-0.2, 0) is 39.4 Å². The zero-order valence-corrected chi connectivity index (χ0v) is 16.9. The van der Waals surface area contributed by atoms with Gasteiger partial charge in [0.2, 0.25) is 5.91 Å². The molecule has 2 aliphatic rings. The van der Waals surface area contributed by atoms with E-state index in [-0.39, 0.29) is 18.4 Å². The number of benzene rings is 2. The summed E-state index contributed by atoms with van der Waals surface area (Å²) in [5, 5.41) is 5.62. The number of nitrogens with zero attached hydrogens (tertiary/aromatic N) is 1. The van der Waals surface area contributed by atoms with E-state index in [0.29, 0.717) is 26.2 Å². The van der Waals surface area contributed by atoms with Crippen LogP contribution in [0, 0.1) is 0 Å². The molecule has 1 heterocycles. The lowest BCUT2D eigenvalue weighted by atomic mass is 9.92. The molecule has 4 amide bonds. The highest BCUT2D eigenvalue weighted by molar-refractivity contribution is 6.09. The highest BCUT2D eigenvalue weighted by Crippen LogP contribution is 2.41. The SMILES string of the molecule is CCOCc1ccc(CNC(=O)CN2C(=O)NC3(CCc4ccccc43)C2=O)cc1. The molecule has 156 valence electrons. The molecule has 7 heteroatoms. The molecule has 1 atom stereocenters. The Kier molecular flexibility index (Phi) is 5.55. The zero-order chi connectivity index (χ0) is 21.1. The van der Waals surface area contributed by atoms with Gasteiger partial charge in [0.15, 0.2) is 0 Å². The largest absolute Gasteiger partial charge is 0.377 e. The molecule has 0 saturated carbocycles. The van der Waals surface area contributed by atoms with Crippen molar-refractivity contribution in [1.82, 2.24) is 15.5 Å². The van der Waals surface area contributed by atoms with E-state index in [0.717, 1.165) is 33.6 Å². The number of fused-ring (bicyclic) bond motifs is 2. The van der Waals surface area contributed by atoms with E-state index in [2.05, 4.69) is 10.6 Å². The van der Waals surface area contributed by atoms with Crippen LogP contribution in [0.3, 0.4) is 0 Å².